The van der Waals surface area contributed by atoms with Gasteiger partial charge in [-0.1, -0.05) is 18.6 Å². The summed E-state index contributed by atoms with van der Waals surface area (Å²) in [7, 11) is 1.70. The van der Waals surface area contributed by atoms with E-state index >= 15 is 0 Å². The molecule has 0 radical (unpaired) electrons. The molecule has 140 valence electrons. The van der Waals surface area contributed by atoms with Crippen LogP contribution >= 0.6 is 24.0 Å². The number of benzene rings is 1. The molecule has 2 aliphatic rings. The van der Waals surface area contributed by atoms with Gasteiger partial charge in [0, 0.05) is 6.54 Å². The average Bonchev–Trinajstić information content (AvgIpc) is 3.08. The summed E-state index contributed by atoms with van der Waals surface area (Å²) in [6.45, 7) is 3.95. The predicted octanol–water partition coefficient (Wildman–Crippen LogP) is 3.15. The molecule has 6 heteroatoms. The van der Waals surface area contributed by atoms with Crippen LogP contribution in [0.2, 0.25) is 0 Å². The molecule has 0 spiro atoms. The maximum absolute atomic E-state index is 6.07. The molecule has 1 aromatic rings. The maximum Gasteiger partial charge on any atom is 0.188 e. The third-order valence-electron chi connectivity index (χ3n) is 5.31. The van der Waals surface area contributed by atoms with Crippen molar-refractivity contribution in [3.8, 4) is 5.75 Å². The first-order chi connectivity index (χ1) is 11.8. The van der Waals surface area contributed by atoms with E-state index in [1.54, 1.807) is 7.11 Å². The molecule has 25 heavy (non-hydrogen) atoms. The smallest absolute Gasteiger partial charge is 0.188 e. The molecular formula is C19H31IN4O. The number of nitrogens with two attached hydrogens (primary N) is 1. The third kappa shape index (κ3) is 5.74. The lowest BCUT2D eigenvalue weighted by Gasteiger charge is -2.27. The summed E-state index contributed by atoms with van der Waals surface area (Å²) in [5.41, 5.74) is 7.36. The van der Waals surface area contributed by atoms with Gasteiger partial charge in [-0.15, -0.1) is 24.0 Å². The third-order valence-corrected chi connectivity index (χ3v) is 5.31. The quantitative estimate of drug-likeness (QED) is 0.375. The lowest BCUT2D eigenvalue weighted by Crippen LogP contribution is -2.38. The Morgan fingerprint density at radius 2 is 1.92 bits per heavy atom. The van der Waals surface area contributed by atoms with Crippen molar-refractivity contribution in [1.82, 2.24) is 10.2 Å². The Hall–Kier alpha value is -1.02. The number of nitrogens with one attached hydrogen (secondary N) is 1. The van der Waals surface area contributed by atoms with E-state index in [0.717, 1.165) is 31.3 Å². The number of likely N-dealkylation sites (tertiary alicyclic amines) is 1. The number of rotatable bonds is 7. The lowest BCUT2D eigenvalue weighted by atomic mass is 9.85. The van der Waals surface area contributed by atoms with Crippen LogP contribution in [0.5, 0.6) is 5.75 Å². The van der Waals surface area contributed by atoms with Gasteiger partial charge in [0.25, 0.3) is 0 Å². The van der Waals surface area contributed by atoms with Crippen molar-refractivity contribution >= 4 is 29.9 Å². The number of hydrogen-bond acceptors (Lipinski definition) is 3. The van der Waals surface area contributed by atoms with E-state index in [4.69, 9.17) is 10.5 Å². The maximum atomic E-state index is 6.07. The van der Waals surface area contributed by atoms with E-state index < -0.39 is 0 Å². The van der Waals surface area contributed by atoms with Crippen LogP contribution in [0.4, 0.5) is 0 Å². The zero-order valence-electron chi connectivity index (χ0n) is 15.1. The van der Waals surface area contributed by atoms with Crippen LogP contribution in [-0.2, 0) is 0 Å². The molecule has 3 N–H and O–H groups in total. The zero-order valence-corrected chi connectivity index (χ0v) is 17.4. The molecule has 1 unspecified atom stereocenters. The Morgan fingerprint density at radius 3 is 2.48 bits per heavy atom. The minimum absolute atomic E-state index is 0. The Balaban J connectivity index is 0.00000225. The van der Waals surface area contributed by atoms with Crippen molar-refractivity contribution in [1.29, 1.82) is 0 Å². The molecule has 0 amide bonds. The first kappa shape index (κ1) is 20.3. The van der Waals surface area contributed by atoms with Gasteiger partial charge in [0.05, 0.1) is 19.7 Å². The van der Waals surface area contributed by atoms with Crippen LogP contribution in [0.3, 0.4) is 0 Å². The van der Waals surface area contributed by atoms with Gasteiger partial charge in [0.1, 0.15) is 5.75 Å². The molecule has 5 nitrogen and oxygen atoms in total. The number of aliphatic imine (C=N–C) groups is 1. The number of ether oxygens (including phenoxy) is 1. The lowest BCUT2D eigenvalue weighted by molar-refractivity contribution is 0.251. The minimum Gasteiger partial charge on any atom is -0.497 e. The summed E-state index contributed by atoms with van der Waals surface area (Å²) in [6.07, 6.45) is 6.54. The van der Waals surface area contributed by atoms with Gasteiger partial charge in [-0.3, -0.25) is 9.89 Å². The van der Waals surface area contributed by atoms with Gasteiger partial charge < -0.3 is 15.8 Å². The van der Waals surface area contributed by atoms with Gasteiger partial charge in [0.15, 0.2) is 5.96 Å². The van der Waals surface area contributed by atoms with Gasteiger partial charge >= 0.3 is 0 Å². The molecular weight excluding hydrogens is 427 g/mol. The second-order valence-electron chi connectivity index (χ2n) is 6.94. The van der Waals surface area contributed by atoms with Crippen molar-refractivity contribution in [3.05, 3.63) is 29.8 Å². The highest BCUT2D eigenvalue weighted by molar-refractivity contribution is 14.0. The molecule has 1 saturated heterocycles. The van der Waals surface area contributed by atoms with Gasteiger partial charge in [-0.2, -0.15) is 0 Å². The summed E-state index contributed by atoms with van der Waals surface area (Å²) in [6, 6.07) is 8.65. The van der Waals surface area contributed by atoms with Crippen LogP contribution in [0.25, 0.3) is 0 Å². The van der Waals surface area contributed by atoms with Gasteiger partial charge in [-0.25, -0.2) is 0 Å². The Labute approximate surface area is 168 Å². The van der Waals surface area contributed by atoms with E-state index in [2.05, 4.69) is 27.3 Å². The average molecular weight is 458 g/mol. The highest BCUT2D eigenvalue weighted by atomic mass is 127. The molecule has 1 aromatic carbocycles. The summed E-state index contributed by atoms with van der Waals surface area (Å²) < 4.78 is 5.27. The fourth-order valence-electron chi connectivity index (χ4n) is 3.50. The van der Waals surface area contributed by atoms with Crippen LogP contribution < -0.4 is 15.8 Å². The monoisotopic (exact) mass is 458 g/mol. The second kappa shape index (κ2) is 10.2. The van der Waals surface area contributed by atoms with Crippen molar-refractivity contribution in [2.24, 2.45) is 16.6 Å². The van der Waals surface area contributed by atoms with Crippen LogP contribution in [0.15, 0.2) is 29.3 Å². The first-order valence-corrected chi connectivity index (χ1v) is 9.18. The van der Waals surface area contributed by atoms with Crippen LogP contribution in [0.1, 0.15) is 43.7 Å². The molecule has 3 rings (SSSR count). The van der Waals surface area contributed by atoms with Crippen molar-refractivity contribution in [2.45, 2.75) is 38.1 Å². The number of methoxy groups -OCH3 is 1. The zero-order chi connectivity index (χ0) is 16.8. The van der Waals surface area contributed by atoms with E-state index in [-0.39, 0.29) is 24.0 Å². The number of nitrogens with zero attached hydrogens (tertiary/aromatic N) is 2. The highest BCUT2D eigenvalue weighted by Gasteiger charge is 2.23. The minimum atomic E-state index is 0. The normalized spacial score (nSPS) is 19.8. The molecule has 2 fully saturated rings. The fourth-order valence-corrected chi connectivity index (χ4v) is 3.50. The van der Waals surface area contributed by atoms with Crippen molar-refractivity contribution in [3.63, 3.8) is 0 Å². The van der Waals surface area contributed by atoms with E-state index in [1.165, 1.54) is 37.7 Å². The van der Waals surface area contributed by atoms with Crippen molar-refractivity contribution in [2.75, 3.05) is 33.3 Å². The number of hydrogen-bond donors (Lipinski definition) is 2. The fraction of sp³-hybridized carbons (Fsp3) is 0.632. The summed E-state index contributed by atoms with van der Waals surface area (Å²) in [5, 5.41) is 3.29. The molecule has 1 aliphatic heterocycles. The van der Waals surface area contributed by atoms with Gasteiger partial charge in [0.2, 0.25) is 0 Å². The van der Waals surface area contributed by atoms with Crippen molar-refractivity contribution < 1.29 is 4.74 Å². The second-order valence-corrected chi connectivity index (χ2v) is 6.94. The largest absolute Gasteiger partial charge is 0.497 e. The SMILES string of the molecule is COc1ccc(C(CN=C(N)NCC2CCC2)N2CCCC2)cc1.I. The summed E-state index contributed by atoms with van der Waals surface area (Å²) in [5.74, 6) is 2.26. The molecule has 0 bridgehead atoms. The van der Waals surface area contributed by atoms with Crippen LogP contribution in [-0.4, -0.2) is 44.1 Å². The Morgan fingerprint density at radius 1 is 1.24 bits per heavy atom. The highest BCUT2D eigenvalue weighted by Crippen LogP contribution is 2.27. The Bertz CT molecular complexity index is 539. The molecule has 0 aromatic heterocycles. The topological polar surface area (TPSA) is 62.9 Å². The summed E-state index contributed by atoms with van der Waals surface area (Å²) in [4.78, 5) is 7.15. The van der Waals surface area contributed by atoms with E-state index in [0.29, 0.717) is 18.5 Å². The molecule has 1 heterocycles. The standard InChI is InChI=1S/C19H30N4O.HI/c1-24-17-9-7-16(8-10-17)18(23-11-2-3-12-23)14-22-19(20)21-13-15-5-4-6-15;/h7-10,15,18H,2-6,11-14H2,1H3,(H3,20,21,22);1H. The molecule has 1 aliphatic carbocycles. The Kier molecular flexibility index (Phi) is 8.29. The molecule has 1 atom stereocenters. The molecule has 1 saturated carbocycles. The van der Waals surface area contributed by atoms with Gasteiger partial charge in [-0.05, 0) is 62.4 Å². The van der Waals surface area contributed by atoms with Crippen LogP contribution in [0, 0.1) is 5.92 Å². The number of guanidine groups is 1. The number of halogens is 1. The van der Waals surface area contributed by atoms with E-state index in [9.17, 15) is 0 Å². The first-order valence-electron chi connectivity index (χ1n) is 9.18. The summed E-state index contributed by atoms with van der Waals surface area (Å²) >= 11 is 0. The predicted molar refractivity (Wildman–Crippen MR) is 114 cm³/mol. The van der Waals surface area contributed by atoms with E-state index in [1.807, 2.05) is 12.1 Å².